The molecule has 2 aromatic heterocycles. The van der Waals surface area contributed by atoms with Crippen LogP contribution in [0.25, 0.3) is 21.9 Å². The lowest BCUT2D eigenvalue weighted by atomic mass is 10.2. The van der Waals surface area contributed by atoms with E-state index in [0.717, 1.165) is 12.1 Å². The summed E-state index contributed by atoms with van der Waals surface area (Å²) >= 11 is 0. The maximum atomic E-state index is 12.9. The van der Waals surface area contributed by atoms with E-state index in [1.54, 1.807) is 26.0 Å². The van der Waals surface area contributed by atoms with Crippen LogP contribution >= 0.6 is 0 Å². The summed E-state index contributed by atoms with van der Waals surface area (Å²) in [4.78, 5) is 61.1. The van der Waals surface area contributed by atoms with Crippen molar-refractivity contribution in [1.82, 2.24) is 0 Å². The number of carbonyl (C=O) groups excluding carboxylic acids is 3. The summed E-state index contributed by atoms with van der Waals surface area (Å²) in [5.41, 5.74) is -0.853. The van der Waals surface area contributed by atoms with E-state index >= 15 is 0 Å². The Morgan fingerprint density at radius 1 is 0.721 bits per heavy atom. The van der Waals surface area contributed by atoms with Gasteiger partial charge in [0.2, 0.25) is 11.5 Å². The Bertz CT molecular complexity index is 1630. The van der Waals surface area contributed by atoms with E-state index in [1.165, 1.54) is 31.2 Å². The minimum Gasteiger partial charge on any atom is -0.490 e. The Morgan fingerprint density at radius 2 is 1.19 bits per heavy atom. The minimum absolute atomic E-state index is 0.0827. The number of hydrogen-bond acceptors (Lipinski definition) is 13. The molecule has 0 N–H and O–H groups in total. The van der Waals surface area contributed by atoms with E-state index in [4.69, 9.17) is 37.3 Å². The Labute approximate surface area is 243 Å². The average Bonchev–Trinajstić information content (AvgIpc) is 2.97. The lowest BCUT2D eigenvalue weighted by Gasteiger charge is -2.20. The number of esters is 3. The molecule has 0 saturated heterocycles. The van der Waals surface area contributed by atoms with Gasteiger partial charge in [-0.05, 0) is 38.1 Å². The van der Waals surface area contributed by atoms with Crippen molar-refractivity contribution in [2.24, 2.45) is 0 Å². The van der Waals surface area contributed by atoms with E-state index in [1.807, 2.05) is 0 Å². The van der Waals surface area contributed by atoms with Crippen LogP contribution in [0, 0.1) is 0 Å². The zero-order chi connectivity index (χ0) is 30.9. The van der Waals surface area contributed by atoms with Crippen molar-refractivity contribution in [3.8, 4) is 11.5 Å². The highest BCUT2D eigenvalue weighted by Gasteiger charge is 2.20. The summed E-state index contributed by atoms with van der Waals surface area (Å²) in [6.45, 7) is 3.89. The molecule has 0 spiro atoms. The quantitative estimate of drug-likeness (QED) is 0.125. The first-order chi connectivity index (χ1) is 20.7. The predicted molar refractivity (Wildman–Crippen MR) is 149 cm³/mol. The molecule has 226 valence electrons. The Hall–Kier alpha value is -5.17. The first-order valence-corrected chi connectivity index (χ1v) is 13.2. The van der Waals surface area contributed by atoms with Crippen molar-refractivity contribution in [1.29, 1.82) is 0 Å². The average molecular weight is 597 g/mol. The molecule has 0 saturated carbocycles. The zero-order valence-corrected chi connectivity index (χ0v) is 23.5. The van der Waals surface area contributed by atoms with Gasteiger partial charge in [-0.25, -0.2) is 9.59 Å². The van der Waals surface area contributed by atoms with Crippen molar-refractivity contribution >= 4 is 39.8 Å². The number of fused-ring (bicyclic) bond motifs is 2. The summed E-state index contributed by atoms with van der Waals surface area (Å²) in [7, 11) is 0. The normalized spacial score (nSPS) is 11.0. The molecule has 0 aliphatic rings. The molecule has 0 bridgehead atoms. The molecular weight excluding hydrogens is 568 g/mol. The van der Waals surface area contributed by atoms with Gasteiger partial charge >= 0.3 is 17.9 Å². The molecule has 0 fully saturated rings. The maximum absolute atomic E-state index is 12.9. The summed E-state index contributed by atoms with van der Waals surface area (Å²) in [5.74, 6) is -2.34. The fourth-order valence-electron chi connectivity index (χ4n) is 3.93. The van der Waals surface area contributed by atoms with Crippen molar-refractivity contribution in [3.05, 3.63) is 80.5 Å². The van der Waals surface area contributed by atoms with Crippen LogP contribution in [0.3, 0.4) is 0 Å². The first-order valence-electron chi connectivity index (χ1n) is 13.2. The molecule has 13 nitrogen and oxygen atoms in total. The van der Waals surface area contributed by atoms with Gasteiger partial charge in [0, 0.05) is 19.1 Å². The van der Waals surface area contributed by atoms with Gasteiger partial charge in [-0.3, -0.25) is 14.4 Å². The molecule has 4 aromatic rings. The molecule has 43 heavy (non-hydrogen) atoms. The lowest BCUT2D eigenvalue weighted by molar-refractivity contribution is -0.161. The van der Waals surface area contributed by atoms with Crippen molar-refractivity contribution < 1.29 is 51.6 Å². The van der Waals surface area contributed by atoms with Gasteiger partial charge in [0.25, 0.3) is 0 Å². The van der Waals surface area contributed by atoms with Crippen LogP contribution < -0.4 is 20.3 Å². The third kappa shape index (κ3) is 7.57. The van der Waals surface area contributed by atoms with Gasteiger partial charge in [0.1, 0.15) is 52.8 Å². The van der Waals surface area contributed by atoms with Gasteiger partial charge in [0.15, 0.2) is 17.7 Å². The Kier molecular flexibility index (Phi) is 10.1. The molecule has 2 heterocycles. The number of rotatable bonds is 13. The first kappa shape index (κ1) is 30.8. The molecule has 0 aliphatic heterocycles. The van der Waals surface area contributed by atoms with E-state index in [9.17, 15) is 24.0 Å². The van der Waals surface area contributed by atoms with E-state index < -0.39 is 41.7 Å². The molecule has 13 heteroatoms. The third-order valence-corrected chi connectivity index (χ3v) is 5.80. The standard InChI is InChI=1S/C30H28O13/c1-4-36-29(34)25-12-19(32)27-21(8-6-10-23(27)42-25)38-14-18(41-16-40-17(3)31)15-39-22-9-7-11-24-28(22)20(33)13-26(43-24)30(35)37-5-2/h6-13,18H,4-5,14-16H2,1-3H3. The van der Waals surface area contributed by atoms with Crippen LogP contribution in [0.1, 0.15) is 41.9 Å². The highest BCUT2D eigenvalue weighted by Crippen LogP contribution is 2.26. The second kappa shape index (κ2) is 14.1. The monoisotopic (exact) mass is 596 g/mol. The molecule has 2 aromatic carbocycles. The Morgan fingerprint density at radius 3 is 1.60 bits per heavy atom. The van der Waals surface area contributed by atoms with Gasteiger partial charge < -0.3 is 37.3 Å². The number of hydrogen-bond donors (Lipinski definition) is 0. The SMILES string of the molecule is CCOC(=O)c1cc(=O)c2c(OCC(COc3cccc4oc(C(=O)OCC)cc(=O)c34)OCOC(C)=O)cccc2o1. The van der Waals surface area contributed by atoms with Crippen molar-refractivity contribution in [3.63, 3.8) is 0 Å². The number of ether oxygens (including phenoxy) is 6. The van der Waals surface area contributed by atoms with Crippen LogP contribution in [0.5, 0.6) is 11.5 Å². The minimum atomic E-state index is -0.874. The molecule has 0 unspecified atom stereocenters. The summed E-state index contributed by atoms with van der Waals surface area (Å²) < 4.78 is 43.2. The van der Waals surface area contributed by atoms with Crippen LogP contribution in [-0.2, 0) is 23.7 Å². The molecule has 4 rings (SSSR count). The van der Waals surface area contributed by atoms with E-state index in [-0.39, 0.29) is 71.4 Å². The highest BCUT2D eigenvalue weighted by atomic mass is 16.7. The maximum Gasteiger partial charge on any atom is 0.374 e. The predicted octanol–water partition coefficient (Wildman–Crippen LogP) is 3.62. The second-order valence-electron chi connectivity index (χ2n) is 8.81. The molecule has 0 radical (unpaired) electrons. The topological polar surface area (TPSA) is 167 Å². The summed E-state index contributed by atoms with van der Waals surface area (Å²) in [5, 5.41) is 0.165. The second-order valence-corrected chi connectivity index (χ2v) is 8.81. The fourth-order valence-corrected chi connectivity index (χ4v) is 3.93. The molecule has 0 aliphatic carbocycles. The van der Waals surface area contributed by atoms with Crippen LogP contribution in [-0.4, -0.2) is 57.2 Å². The van der Waals surface area contributed by atoms with Gasteiger partial charge in [-0.1, -0.05) is 12.1 Å². The van der Waals surface area contributed by atoms with E-state index in [2.05, 4.69) is 0 Å². The van der Waals surface area contributed by atoms with Gasteiger partial charge in [0.05, 0.1) is 13.2 Å². The summed E-state index contributed by atoms with van der Waals surface area (Å²) in [6, 6.07) is 11.2. The zero-order valence-electron chi connectivity index (χ0n) is 23.5. The van der Waals surface area contributed by atoms with Gasteiger partial charge in [-0.2, -0.15) is 0 Å². The molecule has 0 atom stereocenters. The smallest absolute Gasteiger partial charge is 0.374 e. The lowest BCUT2D eigenvalue weighted by Crippen LogP contribution is -2.30. The van der Waals surface area contributed by atoms with E-state index in [0.29, 0.717) is 0 Å². The van der Waals surface area contributed by atoms with Crippen LogP contribution in [0.2, 0.25) is 0 Å². The molecule has 0 amide bonds. The summed E-state index contributed by atoms with van der Waals surface area (Å²) in [6.07, 6.45) is -0.874. The number of carbonyl (C=O) groups is 3. The van der Waals surface area contributed by atoms with Crippen LogP contribution in [0.15, 0.2) is 67.0 Å². The Balaban J connectivity index is 1.55. The number of benzene rings is 2. The van der Waals surface area contributed by atoms with Crippen molar-refractivity contribution in [2.75, 3.05) is 33.2 Å². The third-order valence-electron chi connectivity index (χ3n) is 5.80. The van der Waals surface area contributed by atoms with Crippen LogP contribution in [0.4, 0.5) is 0 Å². The fraction of sp³-hybridized carbons (Fsp3) is 0.300. The largest absolute Gasteiger partial charge is 0.490 e. The van der Waals surface area contributed by atoms with Gasteiger partial charge in [-0.15, -0.1) is 0 Å². The highest BCUT2D eigenvalue weighted by molar-refractivity contribution is 5.91. The molecular formula is C30H28O13. The van der Waals surface area contributed by atoms with Crippen molar-refractivity contribution in [2.45, 2.75) is 26.9 Å².